The number of ether oxygens (including phenoxy) is 2. The number of carbonyl (C=O) groups is 1. The average molecular weight is 567 g/mol. The largest absolute Gasteiger partial charge is 0.493 e. The van der Waals surface area contributed by atoms with Crippen LogP contribution in [0.2, 0.25) is 0 Å². The van der Waals surface area contributed by atoms with Gasteiger partial charge in [-0.05, 0) is 92.6 Å². The second-order valence-electron chi connectivity index (χ2n) is 9.62. The van der Waals surface area contributed by atoms with Crippen molar-refractivity contribution in [3.63, 3.8) is 0 Å². The van der Waals surface area contributed by atoms with Crippen LogP contribution in [0.5, 0.6) is 11.5 Å². The molecule has 2 saturated carbocycles. The summed E-state index contributed by atoms with van der Waals surface area (Å²) in [6.07, 6.45) is 0.899. The molecule has 6 nitrogen and oxygen atoms in total. The van der Waals surface area contributed by atoms with Crippen LogP contribution < -0.4 is 14.8 Å². The van der Waals surface area contributed by atoms with Gasteiger partial charge in [-0.25, -0.2) is 14.2 Å². The molecule has 1 heterocycles. The van der Waals surface area contributed by atoms with Gasteiger partial charge in [-0.1, -0.05) is 6.07 Å². The third kappa shape index (κ3) is 7.92. The van der Waals surface area contributed by atoms with Gasteiger partial charge in [0.05, 0.1) is 29.7 Å². The second kappa shape index (κ2) is 12.3. The monoisotopic (exact) mass is 566 g/mol. The minimum atomic E-state index is -4.70. The zero-order chi connectivity index (χ0) is 28.2. The van der Waals surface area contributed by atoms with Crippen LogP contribution in [-0.2, 0) is 12.6 Å². The number of methoxy groups -OCH3 is 2. The van der Waals surface area contributed by atoms with E-state index in [-0.39, 0.29) is 22.1 Å². The van der Waals surface area contributed by atoms with Gasteiger partial charge in [0.1, 0.15) is 5.82 Å². The SMILES string of the molecule is COc1ccc(CCNCC2CC2)cc1OC.O=C(O)c1nc(C2CC2)sc1-c1cc(F)cc(C(F)(F)F)c1. The second-order valence-corrected chi connectivity index (χ2v) is 10.7. The molecule has 11 heteroatoms. The van der Waals surface area contributed by atoms with Crippen molar-refractivity contribution >= 4 is 17.3 Å². The Morgan fingerprint density at radius 1 is 1.08 bits per heavy atom. The number of thiazole rings is 1. The van der Waals surface area contributed by atoms with Crippen LogP contribution in [0.15, 0.2) is 36.4 Å². The molecule has 3 aromatic rings. The maximum atomic E-state index is 13.5. The van der Waals surface area contributed by atoms with E-state index < -0.39 is 23.5 Å². The van der Waals surface area contributed by atoms with Gasteiger partial charge in [-0.15, -0.1) is 11.3 Å². The minimum Gasteiger partial charge on any atom is -0.493 e. The summed E-state index contributed by atoms with van der Waals surface area (Å²) in [5.74, 6) is 0.306. The van der Waals surface area contributed by atoms with Gasteiger partial charge in [0.25, 0.3) is 0 Å². The quantitative estimate of drug-likeness (QED) is 0.208. The summed E-state index contributed by atoms with van der Waals surface area (Å²) in [6.45, 7) is 2.21. The molecule has 39 heavy (non-hydrogen) atoms. The van der Waals surface area contributed by atoms with Gasteiger partial charge < -0.3 is 19.9 Å². The Morgan fingerprint density at radius 2 is 1.79 bits per heavy atom. The molecular weight excluding hydrogens is 536 g/mol. The number of carboxylic acids is 1. The molecule has 0 bridgehead atoms. The summed E-state index contributed by atoms with van der Waals surface area (Å²) in [5, 5.41) is 13.2. The van der Waals surface area contributed by atoms with Crippen LogP contribution in [0, 0.1) is 11.7 Å². The zero-order valence-corrected chi connectivity index (χ0v) is 22.4. The highest BCUT2D eigenvalue weighted by Crippen LogP contribution is 2.45. The van der Waals surface area contributed by atoms with Crippen LogP contribution in [0.3, 0.4) is 0 Å². The van der Waals surface area contributed by atoms with Crippen molar-refractivity contribution < 1.29 is 36.9 Å². The van der Waals surface area contributed by atoms with Gasteiger partial charge in [0.2, 0.25) is 0 Å². The molecule has 0 unspecified atom stereocenters. The van der Waals surface area contributed by atoms with Crippen molar-refractivity contribution in [2.24, 2.45) is 5.92 Å². The highest BCUT2D eigenvalue weighted by Gasteiger charge is 2.34. The maximum absolute atomic E-state index is 13.5. The predicted molar refractivity (Wildman–Crippen MR) is 140 cm³/mol. The predicted octanol–water partition coefficient (Wildman–Crippen LogP) is 6.79. The van der Waals surface area contributed by atoms with Gasteiger partial charge in [-0.2, -0.15) is 13.2 Å². The first-order valence-electron chi connectivity index (χ1n) is 12.6. The molecule has 2 aliphatic carbocycles. The number of nitrogens with zero attached hydrogens (tertiary/aromatic N) is 1. The number of carboxylic acid groups (broad SMARTS) is 1. The molecule has 5 rings (SSSR count). The fraction of sp³-hybridized carbons (Fsp3) is 0.429. The van der Waals surface area contributed by atoms with E-state index in [9.17, 15) is 22.4 Å². The average Bonchev–Trinajstić information content (AvgIpc) is 3.84. The first-order chi connectivity index (χ1) is 18.6. The van der Waals surface area contributed by atoms with E-state index in [1.165, 1.54) is 24.9 Å². The number of aromatic carboxylic acids is 1. The lowest BCUT2D eigenvalue weighted by molar-refractivity contribution is -0.137. The molecule has 0 radical (unpaired) electrons. The highest BCUT2D eigenvalue weighted by molar-refractivity contribution is 7.15. The van der Waals surface area contributed by atoms with E-state index >= 15 is 0 Å². The molecule has 2 aliphatic rings. The summed E-state index contributed by atoms with van der Waals surface area (Å²) in [6, 6.07) is 8.14. The highest BCUT2D eigenvalue weighted by atomic mass is 32.1. The Morgan fingerprint density at radius 3 is 2.38 bits per heavy atom. The summed E-state index contributed by atoms with van der Waals surface area (Å²) in [5.41, 5.74) is -0.314. The number of hydrogen-bond donors (Lipinski definition) is 2. The topological polar surface area (TPSA) is 80.7 Å². The van der Waals surface area contributed by atoms with E-state index in [1.54, 1.807) is 14.2 Å². The Balaban J connectivity index is 0.000000187. The molecule has 0 saturated heterocycles. The standard InChI is InChI=1S/C14H9F4NO2S.C14H21NO2/c15-9-4-7(3-8(5-9)14(16,17)18)11-10(13(20)21)19-12(22-11)6-1-2-6;1-16-13-6-5-11(9-14(13)17-2)7-8-15-10-12-3-4-12/h3-6H,1-2H2,(H,20,21);5-6,9,12,15H,3-4,7-8,10H2,1-2H3. The molecule has 210 valence electrons. The molecule has 2 fully saturated rings. The fourth-order valence-electron chi connectivity index (χ4n) is 3.96. The van der Waals surface area contributed by atoms with E-state index in [1.807, 2.05) is 6.07 Å². The molecule has 0 atom stereocenters. The lowest BCUT2D eigenvalue weighted by Crippen LogP contribution is -2.19. The number of nitrogens with one attached hydrogen (secondary N) is 1. The lowest BCUT2D eigenvalue weighted by atomic mass is 10.1. The van der Waals surface area contributed by atoms with E-state index in [2.05, 4.69) is 22.4 Å². The Hall–Kier alpha value is -3.18. The third-order valence-electron chi connectivity index (χ3n) is 6.43. The smallest absolute Gasteiger partial charge is 0.416 e. The van der Waals surface area contributed by atoms with Crippen LogP contribution in [0.4, 0.5) is 17.6 Å². The van der Waals surface area contributed by atoms with Gasteiger partial charge in [0.15, 0.2) is 17.2 Å². The first kappa shape index (κ1) is 28.8. The molecule has 2 N–H and O–H groups in total. The van der Waals surface area contributed by atoms with Crippen LogP contribution in [-0.4, -0.2) is 43.4 Å². The van der Waals surface area contributed by atoms with E-state index in [0.717, 1.165) is 66.7 Å². The normalized spacial score (nSPS) is 14.9. The summed E-state index contributed by atoms with van der Waals surface area (Å²) >= 11 is 1.01. The Kier molecular flexibility index (Phi) is 9.12. The summed E-state index contributed by atoms with van der Waals surface area (Å²) < 4.78 is 62.3. The number of rotatable bonds is 10. The van der Waals surface area contributed by atoms with Crippen molar-refractivity contribution in [1.29, 1.82) is 0 Å². The van der Waals surface area contributed by atoms with Crippen molar-refractivity contribution in [2.45, 2.75) is 44.2 Å². The Bertz CT molecular complexity index is 1300. The van der Waals surface area contributed by atoms with Gasteiger partial charge in [-0.3, -0.25) is 0 Å². The lowest BCUT2D eigenvalue weighted by Gasteiger charge is -2.09. The molecule has 0 amide bonds. The third-order valence-corrected chi connectivity index (χ3v) is 7.70. The van der Waals surface area contributed by atoms with E-state index in [0.29, 0.717) is 11.1 Å². The van der Waals surface area contributed by atoms with Crippen molar-refractivity contribution in [3.8, 4) is 21.9 Å². The minimum absolute atomic E-state index is 0.0550. The van der Waals surface area contributed by atoms with Crippen molar-refractivity contribution in [1.82, 2.24) is 10.3 Å². The van der Waals surface area contributed by atoms with Crippen LogP contribution in [0.25, 0.3) is 10.4 Å². The van der Waals surface area contributed by atoms with Gasteiger partial charge in [0, 0.05) is 5.92 Å². The first-order valence-corrected chi connectivity index (χ1v) is 13.4. The van der Waals surface area contributed by atoms with Crippen molar-refractivity contribution in [2.75, 3.05) is 27.3 Å². The molecule has 0 aliphatic heterocycles. The molecular formula is C28H30F4N2O4S. The molecule has 2 aromatic carbocycles. The zero-order valence-electron chi connectivity index (χ0n) is 21.6. The van der Waals surface area contributed by atoms with Crippen LogP contribution >= 0.6 is 11.3 Å². The molecule has 0 spiro atoms. The number of alkyl halides is 3. The van der Waals surface area contributed by atoms with Gasteiger partial charge >= 0.3 is 12.1 Å². The maximum Gasteiger partial charge on any atom is 0.416 e. The fourth-order valence-corrected chi connectivity index (χ4v) is 5.18. The number of benzene rings is 2. The number of halogens is 4. The number of aromatic nitrogens is 1. The van der Waals surface area contributed by atoms with Crippen molar-refractivity contribution in [3.05, 3.63) is 64.0 Å². The van der Waals surface area contributed by atoms with E-state index in [4.69, 9.17) is 14.6 Å². The summed E-state index contributed by atoms with van der Waals surface area (Å²) in [7, 11) is 3.34. The molecule has 1 aromatic heterocycles. The van der Waals surface area contributed by atoms with Crippen LogP contribution in [0.1, 0.15) is 58.2 Å². The number of hydrogen-bond acceptors (Lipinski definition) is 6. The summed E-state index contributed by atoms with van der Waals surface area (Å²) in [4.78, 5) is 15.3. The Labute approximate surface area is 228 Å².